The molecule has 1 amide bonds. The van der Waals surface area contributed by atoms with E-state index in [1.165, 1.54) is 12.8 Å². The molecule has 1 aromatic carbocycles. The summed E-state index contributed by atoms with van der Waals surface area (Å²) in [6.07, 6.45) is 2.96. The van der Waals surface area contributed by atoms with Gasteiger partial charge in [-0.2, -0.15) is 0 Å². The minimum Gasteiger partial charge on any atom is -0.497 e. The molecule has 1 N–H and O–H groups in total. The number of nitrogens with zero attached hydrogens (tertiary/aromatic N) is 1. The third-order valence-corrected chi connectivity index (χ3v) is 4.04. The number of hydrogen-bond acceptors (Lipinski definition) is 4. The van der Waals surface area contributed by atoms with E-state index in [1.807, 2.05) is 24.3 Å². The van der Waals surface area contributed by atoms with Crippen LogP contribution >= 0.6 is 0 Å². The molecule has 128 valence electrons. The first-order chi connectivity index (χ1) is 11.2. The molecule has 0 radical (unpaired) electrons. The number of methoxy groups -OCH3 is 1. The quantitative estimate of drug-likeness (QED) is 0.709. The summed E-state index contributed by atoms with van der Waals surface area (Å²) in [6.45, 7) is 6.28. The summed E-state index contributed by atoms with van der Waals surface area (Å²) in [5, 5.41) is 3.04. The fourth-order valence-electron chi connectivity index (χ4n) is 2.82. The lowest BCUT2D eigenvalue weighted by atomic mass is 10.2. The molecule has 1 atom stereocenters. The fourth-order valence-corrected chi connectivity index (χ4v) is 2.82. The van der Waals surface area contributed by atoms with Crippen molar-refractivity contribution < 1.29 is 14.3 Å². The number of nitrogens with one attached hydrogen (secondary N) is 1. The molecule has 0 bridgehead atoms. The molecule has 1 saturated heterocycles. The molecule has 1 aliphatic heterocycles. The molecule has 0 aromatic heterocycles. The molecule has 23 heavy (non-hydrogen) atoms. The number of hydrogen-bond donors (Lipinski definition) is 1. The summed E-state index contributed by atoms with van der Waals surface area (Å²) < 4.78 is 10.7. The summed E-state index contributed by atoms with van der Waals surface area (Å²) in [7, 11) is 1.65. The van der Waals surface area contributed by atoms with E-state index in [1.54, 1.807) is 7.11 Å². The van der Waals surface area contributed by atoms with Gasteiger partial charge in [-0.1, -0.05) is 12.1 Å². The maximum Gasteiger partial charge on any atom is 0.222 e. The van der Waals surface area contributed by atoms with Crippen LogP contribution in [0.25, 0.3) is 0 Å². The number of amides is 1. The molecule has 5 heteroatoms. The topological polar surface area (TPSA) is 50.8 Å². The predicted molar refractivity (Wildman–Crippen MR) is 90.5 cm³/mol. The van der Waals surface area contributed by atoms with Crippen molar-refractivity contribution in [2.45, 2.75) is 38.8 Å². The molecule has 1 aliphatic rings. The zero-order chi connectivity index (χ0) is 16.5. The second-order valence-corrected chi connectivity index (χ2v) is 6.13. The molecule has 0 saturated carbocycles. The summed E-state index contributed by atoms with van der Waals surface area (Å²) in [5.41, 5.74) is 1.08. The number of carbonyl (C=O) groups excluding carboxylic acids is 1. The van der Waals surface area contributed by atoms with Crippen LogP contribution in [0.15, 0.2) is 24.3 Å². The minimum absolute atomic E-state index is 0.0615. The molecular formula is C18H28N2O3. The first kappa shape index (κ1) is 17.8. The van der Waals surface area contributed by atoms with Gasteiger partial charge in [0.25, 0.3) is 0 Å². The van der Waals surface area contributed by atoms with Crippen molar-refractivity contribution in [1.29, 1.82) is 0 Å². The van der Waals surface area contributed by atoms with Crippen molar-refractivity contribution in [3.63, 3.8) is 0 Å². The minimum atomic E-state index is 0.0615. The predicted octanol–water partition coefficient (Wildman–Crippen LogP) is 2.20. The Balaban J connectivity index is 1.56. The average molecular weight is 320 g/mol. The van der Waals surface area contributed by atoms with Crippen molar-refractivity contribution in [2.75, 3.05) is 33.4 Å². The largest absolute Gasteiger partial charge is 0.497 e. The Morgan fingerprint density at radius 3 is 2.61 bits per heavy atom. The first-order valence-corrected chi connectivity index (χ1v) is 8.40. The van der Waals surface area contributed by atoms with Gasteiger partial charge in [-0.3, -0.25) is 4.79 Å². The normalized spacial score (nSPS) is 16.3. The Hall–Kier alpha value is -1.59. The first-order valence-electron chi connectivity index (χ1n) is 8.40. The maximum absolute atomic E-state index is 11.9. The number of rotatable bonds is 9. The molecule has 0 spiro atoms. The van der Waals surface area contributed by atoms with E-state index in [0.717, 1.165) is 30.9 Å². The highest BCUT2D eigenvalue weighted by Gasteiger charge is 2.15. The van der Waals surface area contributed by atoms with Crippen molar-refractivity contribution in [3.8, 4) is 5.75 Å². The van der Waals surface area contributed by atoms with E-state index in [9.17, 15) is 4.79 Å². The van der Waals surface area contributed by atoms with Gasteiger partial charge in [0.1, 0.15) is 5.75 Å². The smallest absolute Gasteiger partial charge is 0.222 e. The highest BCUT2D eigenvalue weighted by atomic mass is 16.5. The molecule has 1 heterocycles. The van der Waals surface area contributed by atoms with E-state index >= 15 is 0 Å². The van der Waals surface area contributed by atoms with Crippen LogP contribution in [0, 0.1) is 0 Å². The van der Waals surface area contributed by atoms with Gasteiger partial charge in [-0.05, 0) is 50.6 Å². The lowest BCUT2D eigenvalue weighted by Crippen LogP contribution is -2.41. The van der Waals surface area contributed by atoms with Gasteiger partial charge in [0.05, 0.1) is 20.3 Å². The van der Waals surface area contributed by atoms with Gasteiger partial charge in [-0.25, -0.2) is 0 Å². The van der Waals surface area contributed by atoms with E-state index in [4.69, 9.17) is 9.47 Å². The highest BCUT2D eigenvalue weighted by Crippen LogP contribution is 2.12. The number of ether oxygens (including phenoxy) is 2. The van der Waals surface area contributed by atoms with Crippen molar-refractivity contribution in [3.05, 3.63) is 29.8 Å². The van der Waals surface area contributed by atoms with Crippen LogP contribution in [0.2, 0.25) is 0 Å². The summed E-state index contributed by atoms with van der Waals surface area (Å²) in [4.78, 5) is 14.3. The number of benzene rings is 1. The molecule has 1 unspecified atom stereocenters. The van der Waals surface area contributed by atoms with E-state index < -0.39 is 0 Å². The van der Waals surface area contributed by atoms with E-state index in [-0.39, 0.29) is 11.9 Å². The second-order valence-electron chi connectivity index (χ2n) is 6.13. The third-order valence-electron chi connectivity index (χ3n) is 4.04. The molecule has 1 fully saturated rings. The maximum atomic E-state index is 11.9. The van der Waals surface area contributed by atoms with Gasteiger partial charge >= 0.3 is 0 Å². The van der Waals surface area contributed by atoms with Crippen LogP contribution in [-0.4, -0.2) is 50.2 Å². The fraction of sp³-hybridized carbons (Fsp3) is 0.611. The lowest BCUT2D eigenvalue weighted by Gasteiger charge is -2.21. The van der Waals surface area contributed by atoms with Gasteiger partial charge in [0.15, 0.2) is 0 Å². The van der Waals surface area contributed by atoms with Crippen molar-refractivity contribution in [2.24, 2.45) is 0 Å². The summed E-state index contributed by atoms with van der Waals surface area (Å²) in [5.74, 6) is 0.895. The summed E-state index contributed by atoms with van der Waals surface area (Å²) in [6, 6.07) is 7.95. The van der Waals surface area contributed by atoms with Crippen LogP contribution < -0.4 is 10.1 Å². The van der Waals surface area contributed by atoms with E-state index in [0.29, 0.717) is 19.6 Å². The average Bonchev–Trinajstić information content (AvgIpc) is 3.05. The van der Waals surface area contributed by atoms with Gasteiger partial charge < -0.3 is 19.7 Å². The zero-order valence-corrected chi connectivity index (χ0v) is 14.2. The van der Waals surface area contributed by atoms with Gasteiger partial charge in [0, 0.05) is 19.0 Å². The van der Waals surface area contributed by atoms with Crippen molar-refractivity contribution >= 4 is 5.91 Å². The van der Waals surface area contributed by atoms with Gasteiger partial charge in [-0.15, -0.1) is 0 Å². The second kappa shape index (κ2) is 9.53. The molecule has 2 rings (SSSR count). The van der Waals surface area contributed by atoms with Gasteiger partial charge in [0.2, 0.25) is 5.91 Å². The Kier molecular flexibility index (Phi) is 7.36. The Morgan fingerprint density at radius 2 is 1.96 bits per heavy atom. The van der Waals surface area contributed by atoms with Crippen LogP contribution in [0.3, 0.4) is 0 Å². The molecule has 0 aliphatic carbocycles. The Labute approximate surface area is 139 Å². The Morgan fingerprint density at radius 1 is 1.26 bits per heavy atom. The number of carbonyl (C=O) groups is 1. The van der Waals surface area contributed by atoms with Crippen molar-refractivity contribution in [1.82, 2.24) is 10.2 Å². The molecule has 5 nitrogen and oxygen atoms in total. The Bertz CT molecular complexity index is 470. The SMILES string of the molecule is COc1ccc(COCCC(=O)NC(C)CN2CCCC2)cc1. The van der Waals surface area contributed by atoms with Crippen LogP contribution in [0.4, 0.5) is 0 Å². The standard InChI is InChI=1S/C18H28N2O3/c1-15(13-20-10-3-4-11-20)19-18(21)9-12-23-14-16-5-7-17(22-2)8-6-16/h5-8,15H,3-4,9-14H2,1-2H3,(H,19,21). The molecular weight excluding hydrogens is 292 g/mol. The van der Waals surface area contributed by atoms with E-state index in [2.05, 4.69) is 17.1 Å². The third kappa shape index (κ3) is 6.59. The zero-order valence-electron chi connectivity index (χ0n) is 14.2. The van der Waals surface area contributed by atoms with Crippen LogP contribution in [0.5, 0.6) is 5.75 Å². The monoisotopic (exact) mass is 320 g/mol. The molecule has 1 aromatic rings. The van der Waals surface area contributed by atoms with Crippen LogP contribution in [0.1, 0.15) is 31.7 Å². The highest BCUT2D eigenvalue weighted by molar-refractivity contribution is 5.76. The van der Waals surface area contributed by atoms with Crippen LogP contribution in [-0.2, 0) is 16.1 Å². The summed E-state index contributed by atoms with van der Waals surface area (Å²) >= 11 is 0. The number of likely N-dealkylation sites (tertiary alicyclic amines) is 1. The lowest BCUT2D eigenvalue weighted by molar-refractivity contribution is -0.123.